The van der Waals surface area contributed by atoms with Gasteiger partial charge in [0.05, 0.1) is 0 Å². The molecule has 6 amide bonds. The zero-order valence-electron chi connectivity index (χ0n) is 16.6. The molecule has 10 heteroatoms. The minimum atomic E-state index is -1.28. The van der Waals surface area contributed by atoms with E-state index in [0.29, 0.717) is 12.8 Å². The standard InChI is InChI=1S/C20H24N4O6/c1-13(16(26)22-18(28)21-11-14-7-3-2-4-8-14)30-15(25)12-24-17(27)20(23-19(24)29)9-5-6-10-20/h2-4,7-8,13H,5-6,9-12H2,1H3,(H,23,29)(H2,21,22,26,28)/t13-/m0/s1. The van der Waals surface area contributed by atoms with Crippen molar-refractivity contribution >= 4 is 29.8 Å². The Morgan fingerprint density at radius 2 is 1.83 bits per heavy atom. The Kier molecular flexibility index (Phi) is 6.34. The van der Waals surface area contributed by atoms with Crippen molar-refractivity contribution in [2.45, 2.75) is 50.8 Å². The average Bonchev–Trinajstić information content (AvgIpc) is 3.28. The molecule has 3 rings (SSSR count). The van der Waals surface area contributed by atoms with E-state index < -0.39 is 48.0 Å². The lowest BCUT2D eigenvalue weighted by Gasteiger charge is -2.20. The zero-order chi connectivity index (χ0) is 21.7. The van der Waals surface area contributed by atoms with Crippen LogP contribution < -0.4 is 16.0 Å². The molecule has 0 unspecified atom stereocenters. The third-order valence-corrected chi connectivity index (χ3v) is 5.20. The summed E-state index contributed by atoms with van der Waals surface area (Å²) in [4.78, 5) is 61.5. The SMILES string of the molecule is C[C@H](OC(=O)CN1C(=O)NC2(CCCC2)C1=O)C(=O)NC(=O)NCc1ccccc1. The monoisotopic (exact) mass is 416 g/mol. The van der Waals surface area contributed by atoms with Crippen LogP contribution >= 0.6 is 0 Å². The highest BCUT2D eigenvalue weighted by Gasteiger charge is 2.52. The number of imide groups is 2. The maximum atomic E-state index is 12.5. The summed E-state index contributed by atoms with van der Waals surface area (Å²) in [6.45, 7) is 0.925. The molecule has 0 aromatic heterocycles. The second-order valence-corrected chi connectivity index (χ2v) is 7.40. The highest BCUT2D eigenvalue weighted by atomic mass is 16.5. The summed E-state index contributed by atoms with van der Waals surface area (Å²) in [7, 11) is 0. The van der Waals surface area contributed by atoms with Crippen LogP contribution in [0, 0.1) is 0 Å². The van der Waals surface area contributed by atoms with E-state index in [2.05, 4.69) is 16.0 Å². The molecular formula is C20H24N4O6. The van der Waals surface area contributed by atoms with Gasteiger partial charge in [0, 0.05) is 6.54 Å². The van der Waals surface area contributed by atoms with Crippen LogP contribution in [0.3, 0.4) is 0 Å². The molecule has 0 radical (unpaired) electrons. The van der Waals surface area contributed by atoms with Crippen molar-refractivity contribution in [2.75, 3.05) is 6.54 Å². The molecule has 1 aromatic rings. The van der Waals surface area contributed by atoms with E-state index in [4.69, 9.17) is 4.74 Å². The van der Waals surface area contributed by atoms with Crippen LogP contribution in [0.4, 0.5) is 9.59 Å². The molecular weight excluding hydrogens is 392 g/mol. The van der Waals surface area contributed by atoms with Crippen LogP contribution in [0.5, 0.6) is 0 Å². The summed E-state index contributed by atoms with van der Waals surface area (Å²) in [5.74, 6) is -2.18. The minimum Gasteiger partial charge on any atom is -0.451 e. The molecule has 1 saturated heterocycles. The van der Waals surface area contributed by atoms with Gasteiger partial charge in [0.15, 0.2) is 6.10 Å². The van der Waals surface area contributed by atoms with Crippen molar-refractivity contribution in [2.24, 2.45) is 0 Å². The van der Waals surface area contributed by atoms with Gasteiger partial charge in [-0.15, -0.1) is 0 Å². The smallest absolute Gasteiger partial charge is 0.327 e. The highest BCUT2D eigenvalue weighted by molar-refractivity contribution is 6.09. The van der Waals surface area contributed by atoms with Crippen LogP contribution in [0.15, 0.2) is 30.3 Å². The molecule has 1 atom stereocenters. The van der Waals surface area contributed by atoms with E-state index in [1.165, 1.54) is 6.92 Å². The van der Waals surface area contributed by atoms with Crippen molar-refractivity contribution in [3.05, 3.63) is 35.9 Å². The van der Waals surface area contributed by atoms with Crippen molar-refractivity contribution in [3.63, 3.8) is 0 Å². The number of urea groups is 2. The Balaban J connectivity index is 1.44. The quantitative estimate of drug-likeness (QED) is 0.464. The fourth-order valence-electron chi connectivity index (χ4n) is 3.59. The van der Waals surface area contributed by atoms with Gasteiger partial charge in [-0.1, -0.05) is 43.2 Å². The summed E-state index contributed by atoms with van der Waals surface area (Å²) in [6.07, 6.45) is 1.46. The molecule has 3 N–H and O–H groups in total. The lowest BCUT2D eigenvalue weighted by molar-refractivity contribution is -0.156. The molecule has 10 nitrogen and oxygen atoms in total. The van der Waals surface area contributed by atoms with Gasteiger partial charge in [-0.25, -0.2) is 9.59 Å². The van der Waals surface area contributed by atoms with E-state index in [1.54, 1.807) is 0 Å². The summed E-state index contributed by atoms with van der Waals surface area (Å²) in [5.41, 5.74) is -0.0647. The highest BCUT2D eigenvalue weighted by Crippen LogP contribution is 2.34. The molecule has 0 bridgehead atoms. The first-order chi connectivity index (χ1) is 14.3. The number of carbonyl (C=O) groups excluding carboxylic acids is 5. The van der Waals surface area contributed by atoms with Gasteiger partial charge in [-0.05, 0) is 25.3 Å². The number of hydrogen-bond acceptors (Lipinski definition) is 6. The van der Waals surface area contributed by atoms with Gasteiger partial charge in [0.1, 0.15) is 12.1 Å². The molecule has 1 heterocycles. The third-order valence-electron chi connectivity index (χ3n) is 5.20. The minimum absolute atomic E-state index is 0.224. The lowest BCUT2D eigenvalue weighted by atomic mass is 9.98. The predicted molar refractivity (Wildman–Crippen MR) is 104 cm³/mol. The first-order valence-corrected chi connectivity index (χ1v) is 9.77. The molecule has 1 aromatic carbocycles. The predicted octanol–water partition coefficient (Wildman–Crippen LogP) is 0.809. The van der Waals surface area contributed by atoms with Crippen molar-refractivity contribution in [1.82, 2.24) is 20.9 Å². The molecule has 2 fully saturated rings. The van der Waals surface area contributed by atoms with E-state index in [-0.39, 0.29) is 6.54 Å². The second kappa shape index (κ2) is 8.93. The van der Waals surface area contributed by atoms with Crippen LogP contribution in [0.2, 0.25) is 0 Å². The van der Waals surface area contributed by atoms with Gasteiger partial charge in [0.25, 0.3) is 11.8 Å². The number of carbonyl (C=O) groups is 5. The van der Waals surface area contributed by atoms with Crippen LogP contribution in [0.1, 0.15) is 38.2 Å². The molecule has 1 spiro atoms. The second-order valence-electron chi connectivity index (χ2n) is 7.40. The maximum Gasteiger partial charge on any atom is 0.327 e. The van der Waals surface area contributed by atoms with Crippen molar-refractivity contribution < 1.29 is 28.7 Å². The van der Waals surface area contributed by atoms with Gasteiger partial charge < -0.3 is 15.4 Å². The van der Waals surface area contributed by atoms with Gasteiger partial charge in [-0.3, -0.25) is 24.6 Å². The first kappa shape index (κ1) is 21.3. The normalized spacial score (nSPS) is 18.1. The Morgan fingerprint density at radius 3 is 2.50 bits per heavy atom. The Bertz CT molecular complexity index is 850. The lowest BCUT2D eigenvalue weighted by Crippen LogP contribution is -2.46. The van der Waals surface area contributed by atoms with Crippen LogP contribution in [-0.4, -0.2) is 52.9 Å². The average molecular weight is 416 g/mol. The van der Waals surface area contributed by atoms with Gasteiger partial charge in [0.2, 0.25) is 0 Å². The van der Waals surface area contributed by atoms with Crippen molar-refractivity contribution in [3.8, 4) is 0 Å². The Labute approximate surface area is 173 Å². The number of esters is 1. The summed E-state index contributed by atoms with van der Waals surface area (Å²) in [6, 6.07) is 7.75. The molecule has 1 aliphatic carbocycles. The molecule has 160 valence electrons. The molecule has 1 saturated carbocycles. The van der Waals surface area contributed by atoms with Gasteiger partial charge in [-0.2, -0.15) is 0 Å². The van der Waals surface area contributed by atoms with E-state index in [1.807, 2.05) is 30.3 Å². The zero-order valence-corrected chi connectivity index (χ0v) is 16.6. The molecule has 30 heavy (non-hydrogen) atoms. The maximum absolute atomic E-state index is 12.5. The fourth-order valence-corrected chi connectivity index (χ4v) is 3.59. The largest absolute Gasteiger partial charge is 0.451 e. The Morgan fingerprint density at radius 1 is 1.17 bits per heavy atom. The number of ether oxygens (including phenoxy) is 1. The Hall–Kier alpha value is -3.43. The number of amides is 6. The molecule has 2 aliphatic rings. The number of nitrogens with one attached hydrogen (secondary N) is 3. The third kappa shape index (κ3) is 4.76. The van der Waals surface area contributed by atoms with Crippen LogP contribution in [0.25, 0.3) is 0 Å². The fraction of sp³-hybridized carbons (Fsp3) is 0.450. The number of rotatable bonds is 6. The van der Waals surface area contributed by atoms with Gasteiger partial charge >= 0.3 is 18.0 Å². The number of benzene rings is 1. The van der Waals surface area contributed by atoms with E-state index >= 15 is 0 Å². The summed E-state index contributed by atoms with van der Waals surface area (Å²) < 4.78 is 4.98. The molecule has 1 aliphatic heterocycles. The first-order valence-electron chi connectivity index (χ1n) is 9.77. The van der Waals surface area contributed by atoms with E-state index in [0.717, 1.165) is 23.3 Å². The van der Waals surface area contributed by atoms with Crippen molar-refractivity contribution in [1.29, 1.82) is 0 Å². The topological polar surface area (TPSA) is 134 Å². The van der Waals surface area contributed by atoms with E-state index in [9.17, 15) is 24.0 Å². The van der Waals surface area contributed by atoms with Crippen LogP contribution in [-0.2, 0) is 25.7 Å². The summed E-state index contributed by atoms with van der Waals surface area (Å²) in [5, 5.41) is 7.26. The number of hydrogen-bond donors (Lipinski definition) is 3. The number of nitrogens with zero attached hydrogens (tertiary/aromatic N) is 1. The summed E-state index contributed by atoms with van der Waals surface area (Å²) >= 11 is 0.